The van der Waals surface area contributed by atoms with Gasteiger partial charge in [0.1, 0.15) is 5.82 Å². The van der Waals surface area contributed by atoms with E-state index in [0.717, 1.165) is 15.8 Å². The summed E-state index contributed by atoms with van der Waals surface area (Å²) in [6, 6.07) is 6.82. The van der Waals surface area contributed by atoms with E-state index in [0.29, 0.717) is 11.9 Å². The van der Waals surface area contributed by atoms with Crippen molar-refractivity contribution in [3.63, 3.8) is 0 Å². The van der Waals surface area contributed by atoms with Crippen LogP contribution in [-0.2, 0) is 5.88 Å². The van der Waals surface area contributed by atoms with Gasteiger partial charge in [-0.1, -0.05) is 15.9 Å². The minimum Gasteiger partial charge on any atom is -0.323 e. The van der Waals surface area contributed by atoms with Gasteiger partial charge in [0.15, 0.2) is 0 Å². The van der Waals surface area contributed by atoms with E-state index < -0.39 is 0 Å². The Hall–Kier alpha value is -0.190. The van der Waals surface area contributed by atoms with E-state index in [1.807, 2.05) is 11.8 Å². The fourth-order valence-corrected chi connectivity index (χ4v) is 4.08. The van der Waals surface area contributed by atoms with Crippen molar-refractivity contribution in [1.82, 2.24) is 9.55 Å². The Labute approximate surface area is 118 Å². The second-order valence-corrected chi connectivity index (χ2v) is 6.51. The third-order valence-corrected chi connectivity index (χ3v) is 4.99. The first kappa shape index (κ1) is 11.9. The van der Waals surface area contributed by atoms with Gasteiger partial charge in [-0.3, -0.25) is 0 Å². The SMILES string of the molecule is ClCc1nc2cc(Br)ccc2n1C1CCSC1. The van der Waals surface area contributed by atoms with Crippen LogP contribution in [0.4, 0.5) is 0 Å². The fourth-order valence-electron chi connectivity index (χ4n) is 2.35. The number of hydrogen-bond donors (Lipinski definition) is 0. The van der Waals surface area contributed by atoms with E-state index in [1.54, 1.807) is 0 Å². The molecule has 0 bridgehead atoms. The van der Waals surface area contributed by atoms with Gasteiger partial charge in [0.2, 0.25) is 0 Å². The molecule has 1 saturated heterocycles. The highest BCUT2D eigenvalue weighted by Gasteiger charge is 2.22. The third-order valence-electron chi connectivity index (χ3n) is 3.11. The number of benzene rings is 1. The van der Waals surface area contributed by atoms with Gasteiger partial charge in [-0.15, -0.1) is 11.6 Å². The molecule has 1 unspecified atom stereocenters. The third kappa shape index (κ3) is 2.11. The van der Waals surface area contributed by atoms with Crippen molar-refractivity contribution < 1.29 is 0 Å². The fraction of sp³-hybridized carbons (Fsp3) is 0.417. The summed E-state index contributed by atoms with van der Waals surface area (Å²) in [5, 5.41) is 0. The van der Waals surface area contributed by atoms with Crippen LogP contribution < -0.4 is 0 Å². The molecule has 17 heavy (non-hydrogen) atoms. The van der Waals surface area contributed by atoms with Crippen LogP contribution in [-0.4, -0.2) is 21.1 Å². The van der Waals surface area contributed by atoms with Crippen molar-refractivity contribution in [2.45, 2.75) is 18.3 Å². The molecular weight excluding hydrogens is 320 g/mol. The van der Waals surface area contributed by atoms with Crippen LogP contribution in [0.5, 0.6) is 0 Å². The van der Waals surface area contributed by atoms with Gasteiger partial charge in [-0.2, -0.15) is 11.8 Å². The smallest absolute Gasteiger partial charge is 0.125 e. The van der Waals surface area contributed by atoms with E-state index >= 15 is 0 Å². The number of fused-ring (bicyclic) bond motifs is 1. The summed E-state index contributed by atoms with van der Waals surface area (Å²) in [5.41, 5.74) is 2.24. The summed E-state index contributed by atoms with van der Waals surface area (Å²) in [7, 11) is 0. The van der Waals surface area contributed by atoms with E-state index in [-0.39, 0.29) is 0 Å². The largest absolute Gasteiger partial charge is 0.323 e. The Bertz CT molecular complexity index is 549. The Morgan fingerprint density at radius 2 is 2.41 bits per heavy atom. The van der Waals surface area contributed by atoms with E-state index in [2.05, 4.69) is 43.7 Å². The number of thioether (sulfide) groups is 1. The number of hydrogen-bond acceptors (Lipinski definition) is 2. The van der Waals surface area contributed by atoms with E-state index in [9.17, 15) is 0 Å². The number of imidazole rings is 1. The summed E-state index contributed by atoms with van der Waals surface area (Å²) in [4.78, 5) is 4.63. The molecule has 0 amide bonds. The van der Waals surface area contributed by atoms with Crippen molar-refractivity contribution in [3.05, 3.63) is 28.5 Å². The second-order valence-electron chi connectivity index (χ2n) is 4.18. The van der Waals surface area contributed by atoms with Gasteiger partial charge >= 0.3 is 0 Å². The zero-order valence-electron chi connectivity index (χ0n) is 9.20. The average Bonchev–Trinajstić information content (AvgIpc) is 2.93. The number of nitrogens with zero attached hydrogens (tertiary/aromatic N) is 2. The number of alkyl halides is 1. The van der Waals surface area contributed by atoms with Crippen LogP contribution in [0.25, 0.3) is 11.0 Å². The molecule has 1 aromatic heterocycles. The first-order valence-electron chi connectivity index (χ1n) is 5.59. The van der Waals surface area contributed by atoms with Crippen LogP contribution in [0, 0.1) is 0 Å². The summed E-state index contributed by atoms with van der Waals surface area (Å²) in [6.45, 7) is 0. The number of halogens is 2. The maximum Gasteiger partial charge on any atom is 0.125 e. The maximum atomic E-state index is 6.02. The molecule has 5 heteroatoms. The molecule has 2 aromatic rings. The highest BCUT2D eigenvalue weighted by atomic mass is 79.9. The quantitative estimate of drug-likeness (QED) is 0.767. The van der Waals surface area contributed by atoms with E-state index in [1.165, 1.54) is 23.4 Å². The molecule has 0 radical (unpaired) electrons. The molecule has 2 heterocycles. The lowest BCUT2D eigenvalue weighted by atomic mass is 10.2. The van der Waals surface area contributed by atoms with Gasteiger partial charge in [0.25, 0.3) is 0 Å². The van der Waals surface area contributed by atoms with Crippen LogP contribution in [0.15, 0.2) is 22.7 Å². The molecule has 0 saturated carbocycles. The lowest BCUT2D eigenvalue weighted by Gasteiger charge is -2.14. The molecule has 3 rings (SSSR count). The predicted molar refractivity (Wildman–Crippen MR) is 78.0 cm³/mol. The van der Waals surface area contributed by atoms with Crippen molar-refractivity contribution in [2.24, 2.45) is 0 Å². The minimum absolute atomic E-state index is 0.480. The standard InChI is InChI=1S/C12H12BrClN2S/c13-8-1-2-11-10(5-8)15-12(6-14)16(11)9-3-4-17-7-9/h1-2,5,9H,3-4,6-7H2. The van der Waals surface area contributed by atoms with Crippen LogP contribution in [0.2, 0.25) is 0 Å². The molecule has 0 spiro atoms. The summed E-state index contributed by atoms with van der Waals surface area (Å²) < 4.78 is 3.39. The molecule has 1 fully saturated rings. The zero-order chi connectivity index (χ0) is 11.8. The molecular formula is C12H12BrClN2S. The Kier molecular flexibility index (Phi) is 3.37. The highest BCUT2D eigenvalue weighted by Crippen LogP contribution is 2.33. The minimum atomic E-state index is 0.480. The van der Waals surface area contributed by atoms with Crippen molar-refractivity contribution >= 4 is 50.3 Å². The van der Waals surface area contributed by atoms with Crippen molar-refractivity contribution in [1.29, 1.82) is 0 Å². The first-order chi connectivity index (χ1) is 8.29. The second kappa shape index (κ2) is 4.82. The summed E-state index contributed by atoms with van der Waals surface area (Å²) in [5.74, 6) is 3.88. The van der Waals surface area contributed by atoms with Gasteiger partial charge in [0, 0.05) is 16.3 Å². The zero-order valence-corrected chi connectivity index (χ0v) is 12.4. The molecule has 1 aliphatic rings. The summed E-state index contributed by atoms with van der Waals surface area (Å²) >= 11 is 11.5. The van der Waals surface area contributed by atoms with Gasteiger partial charge < -0.3 is 4.57 Å². The number of aromatic nitrogens is 2. The molecule has 1 aromatic carbocycles. The van der Waals surface area contributed by atoms with Crippen LogP contribution in [0.1, 0.15) is 18.3 Å². The highest BCUT2D eigenvalue weighted by molar-refractivity contribution is 9.10. The number of rotatable bonds is 2. The lowest BCUT2D eigenvalue weighted by molar-refractivity contribution is 0.558. The van der Waals surface area contributed by atoms with Crippen molar-refractivity contribution in [3.8, 4) is 0 Å². The predicted octanol–water partition coefficient (Wildman–Crippen LogP) is 4.22. The van der Waals surface area contributed by atoms with Crippen LogP contribution >= 0.6 is 39.3 Å². The Morgan fingerprint density at radius 3 is 3.12 bits per heavy atom. The topological polar surface area (TPSA) is 17.8 Å². The van der Waals surface area contributed by atoms with Crippen molar-refractivity contribution in [2.75, 3.05) is 11.5 Å². The van der Waals surface area contributed by atoms with Gasteiger partial charge in [-0.25, -0.2) is 4.98 Å². The Morgan fingerprint density at radius 1 is 1.53 bits per heavy atom. The summed E-state index contributed by atoms with van der Waals surface area (Å²) in [6.07, 6.45) is 1.22. The maximum absolute atomic E-state index is 6.02. The van der Waals surface area contributed by atoms with Crippen LogP contribution in [0.3, 0.4) is 0 Å². The first-order valence-corrected chi connectivity index (χ1v) is 8.08. The normalized spacial score (nSPS) is 20.2. The van der Waals surface area contributed by atoms with Gasteiger partial charge in [-0.05, 0) is 30.4 Å². The molecule has 0 N–H and O–H groups in total. The molecule has 0 aliphatic carbocycles. The molecule has 2 nitrogen and oxygen atoms in total. The average molecular weight is 332 g/mol. The molecule has 1 aliphatic heterocycles. The van der Waals surface area contributed by atoms with Gasteiger partial charge in [0.05, 0.1) is 16.9 Å². The molecule has 90 valence electrons. The van der Waals surface area contributed by atoms with E-state index in [4.69, 9.17) is 11.6 Å². The monoisotopic (exact) mass is 330 g/mol. The lowest BCUT2D eigenvalue weighted by Crippen LogP contribution is -2.10. The molecule has 1 atom stereocenters. The Balaban J connectivity index is 2.19.